The first-order valence-electron chi connectivity index (χ1n) is 7.86. The summed E-state index contributed by atoms with van der Waals surface area (Å²) in [6, 6.07) is 6.99. The lowest BCUT2D eigenvalue weighted by atomic mass is 9.99. The normalized spacial score (nSPS) is 12.0. The van der Waals surface area contributed by atoms with Gasteiger partial charge in [-0.05, 0) is 17.7 Å². The Hall–Kier alpha value is -3.43. The van der Waals surface area contributed by atoms with Crippen LogP contribution in [0.2, 0.25) is 0 Å². The second-order valence-corrected chi connectivity index (χ2v) is 5.91. The predicted molar refractivity (Wildman–Crippen MR) is 88.9 cm³/mol. The van der Waals surface area contributed by atoms with Gasteiger partial charge in [0, 0.05) is 36.2 Å². The molecule has 0 aliphatic carbocycles. The van der Waals surface area contributed by atoms with Crippen LogP contribution in [-0.4, -0.2) is 24.9 Å². The number of benzene rings is 1. The Morgan fingerprint density at radius 2 is 2.07 bits per heavy atom. The third-order valence-electron chi connectivity index (χ3n) is 4.22. The van der Waals surface area contributed by atoms with Crippen LogP contribution in [0.5, 0.6) is 0 Å². The van der Waals surface area contributed by atoms with Gasteiger partial charge >= 0.3 is 12.1 Å². The number of aryl methyl sites for hydroxylation is 1. The summed E-state index contributed by atoms with van der Waals surface area (Å²) in [6.07, 6.45) is -1.58. The number of alkyl halides is 3. The van der Waals surface area contributed by atoms with E-state index < -0.39 is 17.6 Å². The van der Waals surface area contributed by atoms with Crippen molar-refractivity contribution in [3.05, 3.63) is 64.0 Å². The first kappa shape index (κ1) is 17.0. The fourth-order valence-electron chi connectivity index (χ4n) is 2.93. The summed E-state index contributed by atoms with van der Waals surface area (Å²) in [5.74, 6) is -1.75. The average molecular weight is 375 g/mol. The lowest BCUT2D eigenvalue weighted by Crippen LogP contribution is -2.14. The molecule has 0 spiro atoms. The smallest absolute Gasteiger partial charge is 0.329 e. The van der Waals surface area contributed by atoms with Crippen molar-refractivity contribution in [3.8, 4) is 11.4 Å². The summed E-state index contributed by atoms with van der Waals surface area (Å²) in [6.45, 7) is 0. The van der Waals surface area contributed by atoms with Crippen LogP contribution in [-0.2, 0) is 19.6 Å². The van der Waals surface area contributed by atoms with Crippen LogP contribution >= 0.6 is 0 Å². The van der Waals surface area contributed by atoms with E-state index in [1.807, 2.05) is 18.2 Å². The molecular weight excluding hydrogens is 363 g/mol. The van der Waals surface area contributed by atoms with Gasteiger partial charge in [0.1, 0.15) is 0 Å². The molecule has 0 fully saturated rings. The SMILES string of the molecule is Cn1ncc2c(Cc3c(-c4noc(C(F)(F)F)n4)cc[nH]c3=O)cccc21. The van der Waals surface area contributed by atoms with Crippen molar-refractivity contribution in [2.75, 3.05) is 0 Å². The van der Waals surface area contributed by atoms with Crippen molar-refractivity contribution < 1.29 is 17.7 Å². The number of fused-ring (bicyclic) bond motifs is 1. The maximum absolute atomic E-state index is 12.7. The van der Waals surface area contributed by atoms with Gasteiger partial charge in [-0.1, -0.05) is 17.3 Å². The van der Waals surface area contributed by atoms with Crippen molar-refractivity contribution in [1.82, 2.24) is 24.9 Å². The Bertz CT molecular complexity index is 1190. The van der Waals surface area contributed by atoms with Crippen LogP contribution in [0.3, 0.4) is 0 Å². The molecule has 27 heavy (non-hydrogen) atoms. The first-order chi connectivity index (χ1) is 12.8. The summed E-state index contributed by atoms with van der Waals surface area (Å²) in [4.78, 5) is 18.3. The van der Waals surface area contributed by atoms with E-state index in [9.17, 15) is 18.0 Å². The number of hydrogen-bond acceptors (Lipinski definition) is 5. The fraction of sp³-hybridized carbons (Fsp3) is 0.176. The third-order valence-corrected chi connectivity index (χ3v) is 4.22. The van der Waals surface area contributed by atoms with Gasteiger partial charge < -0.3 is 9.51 Å². The van der Waals surface area contributed by atoms with Crippen molar-refractivity contribution in [2.45, 2.75) is 12.6 Å². The lowest BCUT2D eigenvalue weighted by Gasteiger charge is -2.07. The van der Waals surface area contributed by atoms with Crippen LogP contribution in [0, 0.1) is 0 Å². The monoisotopic (exact) mass is 375 g/mol. The van der Waals surface area contributed by atoms with Crippen LogP contribution in [0.4, 0.5) is 13.2 Å². The zero-order valence-corrected chi connectivity index (χ0v) is 13.9. The number of aromatic nitrogens is 5. The fourth-order valence-corrected chi connectivity index (χ4v) is 2.93. The highest BCUT2D eigenvalue weighted by atomic mass is 19.4. The van der Waals surface area contributed by atoms with Gasteiger partial charge in [-0.15, -0.1) is 0 Å². The maximum atomic E-state index is 12.7. The van der Waals surface area contributed by atoms with Gasteiger partial charge in [0.2, 0.25) is 5.82 Å². The second kappa shape index (κ2) is 6.08. The van der Waals surface area contributed by atoms with E-state index >= 15 is 0 Å². The highest BCUT2D eigenvalue weighted by molar-refractivity contribution is 5.82. The van der Waals surface area contributed by atoms with Gasteiger partial charge in [0.05, 0.1) is 11.7 Å². The standard InChI is InChI=1S/C17H12F3N5O2/c1-25-13-4-2-3-9(12(13)8-22-25)7-11-10(5-6-21-15(11)26)14-23-16(27-24-14)17(18,19)20/h2-6,8H,7H2,1H3,(H,21,26). The Morgan fingerprint density at radius 3 is 2.81 bits per heavy atom. The summed E-state index contributed by atoms with van der Waals surface area (Å²) in [7, 11) is 1.80. The number of rotatable bonds is 3. The molecule has 0 atom stereocenters. The number of H-pyrrole nitrogens is 1. The molecule has 10 heteroatoms. The van der Waals surface area contributed by atoms with Crippen LogP contribution < -0.4 is 5.56 Å². The van der Waals surface area contributed by atoms with Crippen molar-refractivity contribution in [2.24, 2.45) is 7.05 Å². The Kier molecular flexibility index (Phi) is 3.83. The number of nitrogens with zero attached hydrogens (tertiary/aromatic N) is 4. The molecule has 4 aromatic rings. The quantitative estimate of drug-likeness (QED) is 0.595. The van der Waals surface area contributed by atoms with Crippen molar-refractivity contribution >= 4 is 10.9 Å². The molecule has 0 saturated carbocycles. The zero-order chi connectivity index (χ0) is 19.2. The van der Waals surface area contributed by atoms with E-state index in [0.29, 0.717) is 0 Å². The minimum absolute atomic E-state index is 0.171. The Labute approximate surface area is 149 Å². The van der Waals surface area contributed by atoms with Gasteiger partial charge in [-0.25, -0.2) is 0 Å². The largest absolute Gasteiger partial charge is 0.471 e. The van der Waals surface area contributed by atoms with E-state index in [2.05, 4.69) is 24.7 Å². The molecule has 4 rings (SSSR count). The summed E-state index contributed by atoms with van der Waals surface area (Å²) >= 11 is 0. The Morgan fingerprint density at radius 1 is 1.26 bits per heavy atom. The van der Waals surface area contributed by atoms with Crippen LogP contribution in [0.15, 0.2) is 46.0 Å². The van der Waals surface area contributed by atoms with E-state index in [1.165, 1.54) is 12.3 Å². The number of pyridine rings is 1. The predicted octanol–water partition coefficient (Wildman–Crippen LogP) is 2.92. The Balaban J connectivity index is 1.82. The molecule has 0 radical (unpaired) electrons. The highest BCUT2D eigenvalue weighted by Crippen LogP contribution is 2.30. The molecule has 1 aromatic carbocycles. The molecule has 0 aliphatic heterocycles. The van der Waals surface area contributed by atoms with Gasteiger partial charge in [0.15, 0.2) is 0 Å². The van der Waals surface area contributed by atoms with E-state index in [-0.39, 0.29) is 23.4 Å². The second-order valence-electron chi connectivity index (χ2n) is 5.91. The molecule has 0 bridgehead atoms. The maximum Gasteiger partial charge on any atom is 0.471 e. The molecule has 3 aromatic heterocycles. The van der Waals surface area contributed by atoms with Gasteiger partial charge in [-0.2, -0.15) is 23.3 Å². The molecule has 1 N–H and O–H groups in total. The topological polar surface area (TPSA) is 89.6 Å². The molecule has 7 nitrogen and oxygen atoms in total. The highest BCUT2D eigenvalue weighted by Gasteiger charge is 2.38. The van der Waals surface area contributed by atoms with Crippen LogP contribution in [0.25, 0.3) is 22.3 Å². The van der Waals surface area contributed by atoms with Gasteiger partial charge in [-0.3, -0.25) is 9.48 Å². The van der Waals surface area contributed by atoms with Crippen LogP contribution in [0.1, 0.15) is 17.0 Å². The first-order valence-corrected chi connectivity index (χ1v) is 7.86. The molecular formula is C17H12F3N5O2. The molecule has 0 unspecified atom stereocenters. The zero-order valence-electron chi connectivity index (χ0n) is 13.9. The summed E-state index contributed by atoms with van der Waals surface area (Å²) in [5, 5.41) is 8.43. The molecule has 0 aliphatic rings. The molecule has 0 saturated heterocycles. The minimum atomic E-state index is -4.76. The molecule has 3 heterocycles. The number of aromatic amines is 1. The number of nitrogens with one attached hydrogen (secondary N) is 1. The van der Waals surface area contributed by atoms with E-state index in [0.717, 1.165) is 16.5 Å². The minimum Gasteiger partial charge on any atom is -0.329 e. The van der Waals surface area contributed by atoms with Crippen molar-refractivity contribution in [1.29, 1.82) is 0 Å². The molecule has 0 amide bonds. The third kappa shape index (κ3) is 2.98. The average Bonchev–Trinajstić information content (AvgIpc) is 3.25. The van der Waals surface area contributed by atoms with E-state index in [4.69, 9.17) is 0 Å². The lowest BCUT2D eigenvalue weighted by molar-refractivity contribution is -0.159. The number of hydrogen-bond donors (Lipinski definition) is 1. The van der Waals surface area contributed by atoms with Crippen molar-refractivity contribution in [3.63, 3.8) is 0 Å². The molecule has 138 valence electrons. The van der Waals surface area contributed by atoms with Gasteiger partial charge in [0.25, 0.3) is 5.56 Å². The van der Waals surface area contributed by atoms with E-state index in [1.54, 1.807) is 17.9 Å². The number of halogens is 3. The summed E-state index contributed by atoms with van der Waals surface area (Å²) < 4.78 is 44.2. The summed E-state index contributed by atoms with van der Waals surface area (Å²) in [5.41, 5.74) is 1.66.